The highest BCUT2D eigenvalue weighted by Gasteiger charge is 2.16. The highest BCUT2D eigenvalue weighted by atomic mass is 32.2. The lowest BCUT2D eigenvalue weighted by Crippen LogP contribution is -2.41. The molecule has 2 fully saturated rings. The Morgan fingerprint density at radius 1 is 1.24 bits per heavy atom. The highest BCUT2D eigenvalue weighted by Crippen LogP contribution is 2.22. The van der Waals surface area contributed by atoms with Crippen molar-refractivity contribution in [1.82, 2.24) is 10.2 Å². The van der Waals surface area contributed by atoms with E-state index >= 15 is 0 Å². The molecule has 17 heavy (non-hydrogen) atoms. The number of nitrogens with one attached hydrogen (secondary N) is 1. The van der Waals surface area contributed by atoms with E-state index in [9.17, 15) is 0 Å². The van der Waals surface area contributed by atoms with Gasteiger partial charge < -0.3 is 10.2 Å². The van der Waals surface area contributed by atoms with Gasteiger partial charge in [-0.15, -0.1) is 0 Å². The summed E-state index contributed by atoms with van der Waals surface area (Å²) in [5, 5.41) is 4.50. The molecule has 0 aromatic heterocycles. The third-order valence-electron chi connectivity index (χ3n) is 4.09. The van der Waals surface area contributed by atoms with Gasteiger partial charge in [-0.2, -0.15) is 11.8 Å². The van der Waals surface area contributed by atoms with Crippen LogP contribution in [0.15, 0.2) is 0 Å². The number of hydrogen-bond acceptors (Lipinski definition) is 3. The third-order valence-corrected chi connectivity index (χ3v) is 5.22. The van der Waals surface area contributed by atoms with Crippen LogP contribution in [0.4, 0.5) is 0 Å². The van der Waals surface area contributed by atoms with Gasteiger partial charge in [0.25, 0.3) is 0 Å². The Kier molecular flexibility index (Phi) is 6.16. The fraction of sp³-hybridized carbons (Fsp3) is 1.00. The van der Waals surface area contributed by atoms with Gasteiger partial charge in [0, 0.05) is 37.2 Å². The average molecular weight is 256 g/mol. The van der Waals surface area contributed by atoms with Crippen molar-refractivity contribution in [1.29, 1.82) is 0 Å². The summed E-state index contributed by atoms with van der Waals surface area (Å²) < 4.78 is 0. The molecule has 0 bridgehead atoms. The Labute approximate surface area is 111 Å². The molecule has 3 heteroatoms. The lowest BCUT2D eigenvalue weighted by molar-refractivity contribution is 0.276. The number of rotatable bonds is 5. The zero-order valence-electron chi connectivity index (χ0n) is 11.3. The Hall–Kier alpha value is 0.270. The molecule has 1 aliphatic carbocycles. The fourth-order valence-electron chi connectivity index (χ4n) is 3.03. The second kappa shape index (κ2) is 7.65. The minimum atomic E-state index is 0.835. The van der Waals surface area contributed by atoms with Crippen LogP contribution in [-0.4, -0.2) is 48.6 Å². The lowest BCUT2D eigenvalue weighted by Gasteiger charge is -2.30. The normalized spacial score (nSPS) is 28.4. The maximum atomic E-state index is 3.67. The molecule has 2 aliphatic rings. The van der Waals surface area contributed by atoms with Crippen molar-refractivity contribution < 1.29 is 0 Å². The summed E-state index contributed by atoms with van der Waals surface area (Å²) in [5.41, 5.74) is 0. The van der Waals surface area contributed by atoms with Crippen LogP contribution in [0.5, 0.6) is 0 Å². The molecule has 2 rings (SSSR count). The van der Waals surface area contributed by atoms with Crippen molar-refractivity contribution in [3.63, 3.8) is 0 Å². The SMILES string of the molecule is CC1CN(CCNCC2CCCCC2)CCS1. The predicted molar refractivity (Wildman–Crippen MR) is 77.8 cm³/mol. The Morgan fingerprint density at radius 2 is 2.06 bits per heavy atom. The topological polar surface area (TPSA) is 15.3 Å². The van der Waals surface area contributed by atoms with Crippen molar-refractivity contribution in [2.45, 2.75) is 44.3 Å². The quantitative estimate of drug-likeness (QED) is 0.761. The fourth-order valence-corrected chi connectivity index (χ4v) is 4.11. The van der Waals surface area contributed by atoms with Crippen molar-refractivity contribution in [2.24, 2.45) is 5.92 Å². The summed E-state index contributed by atoms with van der Waals surface area (Å²) in [7, 11) is 0. The first-order valence-corrected chi connectivity index (χ1v) is 8.44. The number of nitrogens with zero attached hydrogens (tertiary/aromatic N) is 1. The average Bonchev–Trinajstić information content (AvgIpc) is 2.36. The van der Waals surface area contributed by atoms with Crippen LogP contribution in [-0.2, 0) is 0 Å². The monoisotopic (exact) mass is 256 g/mol. The summed E-state index contributed by atoms with van der Waals surface area (Å²) in [6.07, 6.45) is 7.33. The smallest absolute Gasteiger partial charge is 0.0147 e. The minimum absolute atomic E-state index is 0.835. The second-order valence-electron chi connectivity index (χ2n) is 5.69. The van der Waals surface area contributed by atoms with Crippen LogP contribution in [0.1, 0.15) is 39.0 Å². The van der Waals surface area contributed by atoms with Gasteiger partial charge in [-0.3, -0.25) is 0 Å². The first-order chi connectivity index (χ1) is 8.34. The molecule has 0 amide bonds. The van der Waals surface area contributed by atoms with E-state index in [4.69, 9.17) is 0 Å². The van der Waals surface area contributed by atoms with Gasteiger partial charge in [0.05, 0.1) is 0 Å². The summed E-state index contributed by atoms with van der Waals surface area (Å²) >= 11 is 2.12. The zero-order chi connectivity index (χ0) is 11.9. The van der Waals surface area contributed by atoms with E-state index in [2.05, 4.69) is 28.9 Å². The van der Waals surface area contributed by atoms with Crippen LogP contribution in [0.25, 0.3) is 0 Å². The van der Waals surface area contributed by atoms with E-state index in [0.717, 1.165) is 11.2 Å². The number of hydrogen-bond donors (Lipinski definition) is 1. The molecule has 0 aromatic rings. The molecule has 1 N–H and O–H groups in total. The first kappa shape index (κ1) is 13.7. The maximum Gasteiger partial charge on any atom is 0.0147 e. The van der Waals surface area contributed by atoms with Crippen LogP contribution in [0.3, 0.4) is 0 Å². The van der Waals surface area contributed by atoms with Crippen molar-refractivity contribution in [3.05, 3.63) is 0 Å². The third kappa shape index (κ3) is 5.19. The largest absolute Gasteiger partial charge is 0.315 e. The zero-order valence-corrected chi connectivity index (χ0v) is 12.1. The molecule has 1 aliphatic heterocycles. The maximum absolute atomic E-state index is 3.67. The Balaban J connectivity index is 1.50. The second-order valence-corrected chi connectivity index (χ2v) is 7.24. The van der Waals surface area contributed by atoms with Gasteiger partial charge in [-0.25, -0.2) is 0 Å². The molecule has 1 atom stereocenters. The van der Waals surface area contributed by atoms with Gasteiger partial charge in [0.15, 0.2) is 0 Å². The molecule has 2 nitrogen and oxygen atoms in total. The van der Waals surface area contributed by atoms with E-state index < -0.39 is 0 Å². The van der Waals surface area contributed by atoms with Crippen LogP contribution in [0, 0.1) is 5.92 Å². The molecule has 100 valence electrons. The standard InChI is InChI=1S/C14H28N2S/c1-13-12-16(9-10-17-13)8-7-15-11-14-5-3-2-4-6-14/h13-15H,2-12H2,1H3. The molecular formula is C14H28N2S. The van der Waals surface area contributed by atoms with E-state index in [0.29, 0.717) is 0 Å². The molecular weight excluding hydrogens is 228 g/mol. The van der Waals surface area contributed by atoms with Gasteiger partial charge in [0.1, 0.15) is 0 Å². The molecule has 0 spiro atoms. The molecule has 1 heterocycles. The Morgan fingerprint density at radius 3 is 2.82 bits per heavy atom. The van der Waals surface area contributed by atoms with Gasteiger partial charge in [0.2, 0.25) is 0 Å². The van der Waals surface area contributed by atoms with E-state index in [1.54, 1.807) is 0 Å². The van der Waals surface area contributed by atoms with E-state index in [-0.39, 0.29) is 0 Å². The van der Waals surface area contributed by atoms with Gasteiger partial charge in [-0.05, 0) is 25.3 Å². The first-order valence-electron chi connectivity index (χ1n) is 7.39. The van der Waals surface area contributed by atoms with Crippen molar-refractivity contribution in [2.75, 3.05) is 38.5 Å². The Bertz CT molecular complexity index is 204. The molecule has 0 aromatic carbocycles. The highest BCUT2D eigenvalue weighted by molar-refractivity contribution is 7.99. The molecule has 1 saturated heterocycles. The molecule has 1 unspecified atom stereocenters. The van der Waals surface area contributed by atoms with Crippen LogP contribution >= 0.6 is 11.8 Å². The van der Waals surface area contributed by atoms with Gasteiger partial charge >= 0.3 is 0 Å². The predicted octanol–water partition coefficient (Wildman–Crippen LogP) is 2.59. The summed E-state index contributed by atoms with van der Waals surface area (Å²) in [4.78, 5) is 2.62. The van der Waals surface area contributed by atoms with Crippen molar-refractivity contribution in [3.8, 4) is 0 Å². The van der Waals surface area contributed by atoms with E-state index in [1.807, 2.05) is 0 Å². The number of thioether (sulfide) groups is 1. The summed E-state index contributed by atoms with van der Waals surface area (Å²) in [6, 6.07) is 0. The lowest BCUT2D eigenvalue weighted by atomic mass is 9.89. The van der Waals surface area contributed by atoms with Crippen LogP contribution < -0.4 is 5.32 Å². The van der Waals surface area contributed by atoms with Gasteiger partial charge in [-0.1, -0.05) is 26.2 Å². The summed E-state index contributed by atoms with van der Waals surface area (Å²) in [6.45, 7) is 8.63. The molecule has 1 saturated carbocycles. The van der Waals surface area contributed by atoms with Crippen LogP contribution in [0.2, 0.25) is 0 Å². The van der Waals surface area contributed by atoms with E-state index in [1.165, 1.54) is 70.6 Å². The molecule has 0 radical (unpaired) electrons. The summed E-state index contributed by atoms with van der Waals surface area (Å²) in [5.74, 6) is 2.30. The minimum Gasteiger partial charge on any atom is -0.315 e. The van der Waals surface area contributed by atoms with Crippen molar-refractivity contribution >= 4 is 11.8 Å².